The quantitative estimate of drug-likeness (QED) is 0.706. The summed E-state index contributed by atoms with van der Waals surface area (Å²) in [6, 6.07) is 5.00. The summed E-state index contributed by atoms with van der Waals surface area (Å²) in [5.41, 5.74) is 1.23. The molecule has 0 amide bonds. The molecule has 0 aliphatic heterocycles. The van der Waals surface area contributed by atoms with Crippen LogP contribution in [0.2, 0.25) is 0 Å². The van der Waals surface area contributed by atoms with Crippen LogP contribution in [-0.4, -0.2) is 15.8 Å². The Morgan fingerprint density at radius 1 is 1.12 bits per heavy atom. The minimum atomic E-state index is -0.0578. The highest BCUT2D eigenvalue weighted by atomic mass is 16.3. The van der Waals surface area contributed by atoms with Gasteiger partial charge in [-0.3, -0.25) is 0 Å². The molecular weight excluding hydrogens is 214 g/mol. The van der Waals surface area contributed by atoms with Crippen molar-refractivity contribution in [1.29, 1.82) is 0 Å². The summed E-state index contributed by atoms with van der Waals surface area (Å²) in [5, 5.41) is 22.2. The van der Waals surface area contributed by atoms with Crippen LogP contribution in [-0.2, 0) is 6.54 Å². The number of nitrogens with one attached hydrogen (secondary N) is 1. The van der Waals surface area contributed by atoms with E-state index in [1.165, 1.54) is 38.2 Å². The predicted molar refractivity (Wildman–Crippen MR) is 68.1 cm³/mol. The van der Waals surface area contributed by atoms with Gasteiger partial charge in [0.2, 0.25) is 0 Å². The minimum absolute atomic E-state index is 0.0434. The molecule has 3 nitrogen and oxygen atoms in total. The SMILES string of the molecule is CC1(NCc2ccc(O)c(O)c2)CCCCC1. The molecule has 3 heteroatoms. The smallest absolute Gasteiger partial charge is 0.157 e. The van der Waals surface area contributed by atoms with Crippen LogP contribution in [0.4, 0.5) is 0 Å². The fourth-order valence-corrected chi connectivity index (χ4v) is 2.50. The van der Waals surface area contributed by atoms with Crippen LogP contribution in [0, 0.1) is 0 Å². The zero-order chi connectivity index (χ0) is 12.3. The highest BCUT2D eigenvalue weighted by Gasteiger charge is 2.25. The molecule has 0 saturated heterocycles. The molecule has 1 aromatic rings. The number of aromatic hydroxyl groups is 2. The zero-order valence-electron chi connectivity index (χ0n) is 10.4. The Kier molecular flexibility index (Phi) is 3.57. The molecule has 1 aliphatic carbocycles. The van der Waals surface area contributed by atoms with E-state index in [0.29, 0.717) is 0 Å². The van der Waals surface area contributed by atoms with Gasteiger partial charge in [0.05, 0.1) is 0 Å². The summed E-state index contributed by atoms with van der Waals surface area (Å²) >= 11 is 0. The molecule has 0 atom stereocenters. The third-order valence-electron chi connectivity index (χ3n) is 3.72. The second-order valence-electron chi connectivity index (χ2n) is 5.30. The molecule has 1 aliphatic rings. The number of phenolic OH excluding ortho intramolecular Hbond substituents is 2. The van der Waals surface area contributed by atoms with Crippen LogP contribution in [0.5, 0.6) is 11.5 Å². The number of hydrogen-bond acceptors (Lipinski definition) is 3. The van der Waals surface area contributed by atoms with Crippen molar-refractivity contribution in [2.24, 2.45) is 0 Å². The summed E-state index contributed by atoms with van der Waals surface area (Å²) < 4.78 is 0. The second-order valence-corrected chi connectivity index (χ2v) is 5.30. The molecule has 0 spiro atoms. The van der Waals surface area contributed by atoms with E-state index in [9.17, 15) is 10.2 Å². The van der Waals surface area contributed by atoms with Crippen LogP contribution in [0.15, 0.2) is 18.2 Å². The Labute approximate surface area is 102 Å². The van der Waals surface area contributed by atoms with Gasteiger partial charge in [0, 0.05) is 12.1 Å². The van der Waals surface area contributed by atoms with E-state index in [4.69, 9.17) is 0 Å². The molecule has 1 aromatic carbocycles. The molecule has 0 heterocycles. The number of benzene rings is 1. The van der Waals surface area contributed by atoms with E-state index in [1.807, 2.05) is 6.07 Å². The average Bonchev–Trinajstić information content (AvgIpc) is 2.32. The minimum Gasteiger partial charge on any atom is -0.504 e. The maximum atomic E-state index is 9.42. The third kappa shape index (κ3) is 3.13. The van der Waals surface area contributed by atoms with E-state index in [1.54, 1.807) is 6.07 Å². The van der Waals surface area contributed by atoms with Gasteiger partial charge in [-0.2, -0.15) is 0 Å². The van der Waals surface area contributed by atoms with E-state index >= 15 is 0 Å². The largest absolute Gasteiger partial charge is 0.504 e. The van der Waals surface area contributed by atoms with Gasteiger partial charge in [0.1, 0.15) is 0 Å². The third-order valence-corrected chi connectivity index (χ3v) is 3.72. The van der Waals surface area contributed by atoms with E-state index in [2.05, 4.69) is 12.2 Å². The number of rotatable bonds is 3. The summed E-state index contributed by atoms with van der Waals surface area (Å²) in [6.07, 6.45) is 6.38. The summed E-state index contributed by atoms with van der Waals surface area (Å²) in [4.78, 5) is 0. The summed E-state index contributed by atoms with van der Waals surface area (Å²) in [7, 11) is 0. The van der Waals surface area contributed by atoms with Gasteiger partial charge in [0.25, 0.3) is 0 Å². The summed E-state index contributed by atoms with van der Waals surface area (Å²) in [6.45, 7) is 3.01. The highest BCUT2D eigenvalue weighted by molar-refractivity contribution is 5.40. The Hall–Kier alpha value is -1.22. The van der Waals surface area contributed by atoms with Crippen molar-refractivity contribution in [2.75, 3.05) is 0 Å². The molecule has 0 radical (unpaired) electrons. The number of hydrogen-bond donors (Lipinski definition) is 3. The average molecular weight is 235 g/mol. The molecule has 0 aromatic heterocycles. The first-order valence-corrected chi connectivity index (χ1v) is 6.35. The lowest BCUT2D eigenvalue weighted by molar-refractivity contribution is 0.252. The predicted octanol–water partition coefficient (Wildman–Crippen LogP) is 2.91. The van der Waals surface area contributed by atoms with Gasteiger partial charge >= 0.3 is 0 Å². The van der Waals surface area contributed by atoms with Crippen LogP contribution >= 0.6 is 0 Å². The van der Waals surface area contributed by atoms with E-state index < -0.39 is 0 Å². The van der Waals surface area contributed by atoms with Crippen molar-refractivity contribution in [3.8, 4) is 11.5 Å². The van der Waals surface area contributed by atoms with Gasteiger partial charge in [-0.05, 0) is 37.5 Å². The molecule has 2 rings (SSSR count). The monoisotopic (exact) mass is 235 g/mol. The fraction of sp³-hybridized carbons (Fsp3) is 0.571. The standard InChI is InChI=1S/C14H21NO2/c1-14(7-3-2-4-8-14)15-10-11-5-6-12(16)13(17)9-11/h5-6,9,15-17H,2-4,7-8,10H2,1H3. The molecule has 17 heavy (non-hydrogen) atoms. The van der Waals surface area contributed by atoms with Crippen LogP contribution < -0.4 is 5.32 Å². The highest BCUT2D eigenvalue weighted by Crippen LogP contribution is 2.29. The van der Waals surface area contributed by atoms with Crippen molar-refractivity contribution in [3.05, 3.63) is 23.8 Å². The molecule has 94 valence electrons. The number of phenols is 2. The lowest BCUT2D eigenvalue weighted by Crippen LogP contribution is -2.43. The topological polar surface area (TPSA) is 52.5 Å². The molecule has 3 N–H and O–H groups in total. The summed E-state index contributed by atoms with van der Waals surface area (Å²) in [5.74, 6) is -0.101. The van der Waals surface area contributed by atoms with Crippen molar-refractivity contribution >= 4 is 0 Å². The maximum absolute atomic E-state index is 9.42. The van der Waals surface area contributed by atoms with Gasteiger partial charge < -0.3 is 15.5 Å². The van der Waals surface area contributed by atoms with E-state index in [-0.39, 0.29) is 17.0 Å². The lowest BCUT2D eigenvalue weighted by atomic mass is 9.83. The Morgan fingerprint density at radius 3 is 2.47 bits per heavy atom. The van der Waals surface area contributed by atoms with Gasteiger partial charge in [0.15, 0.2) is 11.5 Å². The molecule has 1 saturated carbocycles. The van der Waals surface area contributed by atoms with Crippen LogP contribution in [0.3, 0.4) is 0 Å². The Bertz CT molecular complexity index is 384. The normalized spacial score (nSPS) is 19.1. The molecule has 0 bridgehead atoms. The Morgan fingerprint density at radius 2 is 1.82 bits per heavy atom. The van der Waals surface area contributed by atoms with Gasteiger partial charge in [-0.25, -0.2) is 0 Å². The van der Waals surface area contributed by atoms with Gasteiger partial charge in [-0.15, -0.1) is 0 Å². The van der Waals surface area contributed by atoms with Gasteiger partial charge in [-0.1, -0.05) is 25.3 Å². The fourth-order valence-electron chi connectivity index (χ4n) is 2.50. The lowest BCUT2D eigenvalue weighted by Gasteiger charge is -2.34. The maximum Gasteiger partial charge on any atom is 0.157 e. The van der Waals surface area contributed by atoms with Crippen LogP contribution in [0.25, 0.3) is 0 Å². The van der Waals surface area contributed by atoms with Crippen molar-refractivity contribution in [3.63, 3.8) is 0 Å². The Balaban J connectivity index is 1.94. The van der Waals surface area contributed by atoms with Crippen molar-refractivity contribution in [2.45, 2.75) is 51.1 Å². The van der Waals surface area contributed by atoms with Crippen LogP contribution in [0.1, 0.15) is 44.6 Å². The zero-order valence-corrected chi connectivity index (χ0v) is 10.4. The van der Waals surface area contributed by atoms with Crippen molar-refractivity contribution < 1.29 is 10.2 Å². The molecule has 1 fully saturated rings. The van der Waals surface area contributed by atoms with Crippen molar-refractivity contribution in [1.82, 2.24) is 5.32 Å². The first-order chi connectivity index (χ1) is 8.09. The second kappa shape index (κ2) is 4.96. The first-order valence-electron chi connectivity index (χ1n) is 6.35. The molecule has 0 unspecified atom stereocenters. The van der Waals surface area contributed by atoms with E-state index in [0.717, 1.165) is 12.1 Å². The molecular formula is C14H21NO2. The first kappa shape index (κ1) is 12.2.